The van der Waals surface area contributed by atoms with Crippen molar-refractivity contribution in [1.82, 2.24) is 0 Å². The van der Waals surface area contributed by atoms with E-state index >= 15 is 0 Å². The van der Waals surface area contributed by atoms with Crippen LogP contribution in [0.15, 0.2) is 48.5 Å². The predicted molar refractivity (Wildman–Crippen MR) is 112 cm³/mol. The highest BCUT2D eigenvalue weighted by molar-refractivity contribution is 6.02. The number of anilines is 2. The molecule has 2 aromatic carbocycles. The van der Waals surface area contributed by atoms with Crippen LogP contribution in [0, 0.1) is 5.92 Å². The lowest BCUT2D eigenvalue weighted by molar-refractivity contribution is -0.125. The van der Waals surface area contributed by atoms with Crippen LogP contribution in [0.1, 0.15) is 36.8 Å². The molecule has 0 radical (unpaired) electrons. The average molecular weight is 390 g/mol. The van der Waals surface area contributed by atoms with E-state index in [1.807, 2.05) is 53.4 Å². The summed E-state index contributed by atoms with van der Waals surface area (Å²) in [7, 11) is 0. The molecule has 2 amide bonds. The molecule has 5 nitrogen and oxygen atoms in total. The van der Waals surface area contributed by atoms with Crippen molar-refractivity contribution < 1.29 is 14.3 Å². The van der Waals surface area contributed by atoms with Gasteiger partial charge in [0.25, 0.3) is 0 Å². The molecule has 1 saturated heterocycles. The fraction of sp³-hybridized carbons (Fsp3) is 0.417. The van der Waals surface area contributed by atoms with E-state index in [0.29, 0.717) is 26.1 Å². The Morgan fingerprint density at radius 1 is 1.03 bits per heavy atom. The van der Waals surface area contributed by atoms with Crippen LogP contribution in [0.4, 0.5) is 11.4 Å². The molecule has 2 aromatic rings. The Morgan fingerprint density at radius 2 is 1.79 bits per heavy atom. The third-order valence-corrected chi connectivity index (χ3v) is 6.54. The van der Waals surface area contributed by atoms with E-state index in [4.69, 9.17) is 4.74 Å². The summed E-state index contributed by atoms with van der Waals surface area (Å²) < 4.78 is 5.55. The second-order valence-corrected chi connectivity index (χ2v) is 8.37. The lowest BCUT2D eigenvalue weighted by Gasteiger charge is -2.36. The highest BCUT2D eigenvalue weighted by Gasteiger charge is 2.42. The molecule has 5 rings (SSSR count). The topological polar surface area (TPSA) is 58.6 Å². The molecular formula is C24H26N2O3. The van der Waals surface area contributed by atoms with Crippen LogP contribution in [-0.2, 0) is 26.2 Å². The normalized spacial score (nSPS) is 20.2. The SMILES string of the molecule is O=C(C1CC1)N1CCc2ccc(NC(=O)C3(c4ccccc4)CCOCC3)cc21. The third kappa shape index (κ3) is 3.33. The first-order valence-electron chi connectivity index (χ1n) is 10.6. The van der Waals surface area contributed by atoms with Crippen LogP contribution in [-0.4, -0.2) is 31.6 Å². The Hall–Kier alpha value is -2.66. The summed E-state index contributed by atoms with van der Waals surface area (Å²) in [6.07, 6.45) is 4.22. The summed E-state index contributed by atoms with van der Waals surface area (Å²) in [6.45, 7) is 1.90. The van der Waals surface area contributed by atoms with Crippen molar-refractivity contribution in [2.75, 3.05) is 30.0 Å². The van der Waals surface area contributed by atoms with Crippen molar-refractivity contribution in [3.63, 3.8) is 0 Å². The number of nitrogens with zero attached hydrogens (tertiary/aromatic N) is 1. The summed E-state index contributed by atoms with van der Waals surface area (Å²) in [5.41, 5.74) is 3.35. The smallest absolute Gasteiger partial charge is 0.235 e. The molecule has 1 aliphatic carbocycles. The molecular weight excluding hydrogens is 364 g/mol. The van der Waals surface area contributed by atoms with Gasteiger partial charge in [0.05, 0.1) is 5.41 Å². The molecule has 150 valence electrons. The molecule has 1 saturated carbocycles. The molecule has 29 heavy (non-hydrogen) atoms. The Kier molecular flexibility index (Phi) is 4.63. The first-order chi connectivity index (χ1) is 14.2. The van der Waals surface area contributed by atoms with Gasteiger partial charge in [0.15, 0.2) is 0 Å². The van der Waals surface area contributed by atoms with Gasteiger partial charge in [-0.3, -0.25) is 9.59 Å². The Bertz CT molecular complexity index is 930. The van der Waals surface area contributed by atoms with Gasteiger partial charge in [0.2, 0.25) is 11.8 Å². The van der Waals surface area contributed by atoms with Crippen LogP contribution in [0.2, 0.25) is 0 Å². The molecule has 3 aliphatic rings. The second kappa shape index (κ2) is 7.30. The second-order valence-electron chi connectivity index (χ2n) is 8.37. The van der Waals surface area contributed by atoms with Crippen molar-refractivity contribution in [1.29, 1.82) is 0 Å². The number of carbonyl (C=O) groups excluding carboxylic acids is 2. The predicted octanol–water partition coefficient (Wildman–Crippen LogP) is 3.67. The van der Waals surface area contributed by atoms with Gasteiger partial charge in [-0.15, -0.1) is 0 Å². The molecule has 2 fully saturated rings. The fourth-order valence-corrected chi connectivity index (χ4v) is 4.61. The van der Waals surface area contributed by atoms with E-state index < -0.39 is 5.41 Å². The van der Waals surface area contributed by atoms with Gasteiger partial charge in [-0.05, 0) is 55.4 Å². The lowest BCUT2D eigenvalue weighted by atomic mass is 9.73. The van der Waals surface area contributed by atoms with Gasteiger partial charge >= 0.3 is 0 Å². The summed E-state index contributed by atoms with van der Waals surface area (Å²) in [4.78, 5) is 28.0. The highest BCUT2D eigenvalue weighted by Crippen LogP contribution is 2.39. The van der Waals surface area contributed by atoms with E-state index in [9.17, 15) is 9.59 Å². The zero-order valence-corrected chi connectivity index (χ0v) is 16.5. The van der Waals surface area contributed by atoms with Crippen molar-refractivity contribution >= 4 is 23.2 Å². The number of benzene rings is 2. The van der Waals surface area contributed by atoms with E-state index in [1.54, 1.807) is 0 Å². The summed E-state index contributed by atoms with van der Waals surface area (Å²) >= 11 is 0. The van der Waals surface area contributed by atoms with Gasteiger partial charge in [0.1, 0.15) is 0 Å². The Labute approximate surface area is 171 Å². The van der Waals surface area contributed by atoms with Gasteiger partial charge in [-0.1, -0.05) is 36.4 Å². The number of ether oxygens (including phenoxy) is 1. The zero-order chi connectivity index (χ0) is 19.8. The lowest BCUT2D eigenvalue weighted by Crippen LogP contribution is -2.44. The molecule has 5 heteroatoms. The Morgan fingerprint density at radius 3 is 2.52 bits per heavy atom. The number of carbonyl (C=O) groups is 2. The molecule has 0 aromatic heterocycles. The quantitative estimate of drug-likeness (QED) is 0.867. The minimum Gasteiger partial charge on any atom is -0.381 e. The van der Waals surface area contributed by atoms with Crippen molar-refractivity contribution in [2.45, 2.75) is 37.5 Å². The highest BCUT2D eigenvalue weighted by atomic mass is 16.5. The average Bonchev–Trinajstić information content (AvgIpc) is 3.54. The summed E-state index contributed by atoms with van der Waals surface area (Å²) in [5.74, 6) is 0.435. The van der Waals surface area contributed by atoms with Crippen LogP contribution >= 0.6 is 0 Å². The van der Waals surface area contributed by atoms with Gasteiger partial charge in [0, 0.05) is 37.1 Å². The minimum absolute atomic E-state index is 0.00464. The van der Waals surface area contributed by atoms with Gasteiger partial charge < -0.3 is 15.0 Å². The van der Waals surface area contributed by atoms with Crippen LogP contribution in [0.5, 0.6) is 0 Å². The molecule has 1 N–H and O–H groups in total. The van der Waals surface area contributed by atoms with E-state index in [-0.39, 0.29) is 17.7 Å². The molecule has 0 bridgehead atoms. The van der Waals surface area contributed by atoms with E-state index in [2.05, 4.69) is 5.32 Å². The molecule has 0 atom stereocenters. The van der Waals surface area contributed by atoms with Crippen LogP contribution < -0.4 is 10.2 Å². The largest absolute Gasteiger partial charge is 0.381 e. The maximum atomic E-state index is 13.5. The van der Waals surface area contributed by atoms with E-state index in [1.165, 1.54) is 5.56 Å². The van der Waals surface area contributed by atoms with E-state index in [0.717, 1.165) is 42.7 Å². The summed E-state index contributed by atoms with van der Waals surface area (Å²) in [5, 5.41) is 3.15. The Balaban J connectivity index is 1.41. The van der Waals surface area contributed by atoms with Gasteiger partial charge in [-0.25, -0.2) is 0 Å². The van der Waals surface area contributed by atoms with Crippen molar-refractivity contribution in [2.24, 2.45) is 5.92 Å². The third-order valence-electron chi connectivity index (χ3n) is 6.54. The maximum absolute atomic E-state index is 13.5. The number of amides is 2. The molecule has 0 spiro atoms. The monoisotopic (exact) mass is 390 g/mol. The first kappa shape index (κ1) is 18.4. The summed E-state index contributed by atoms with van der Waals surface area (Å²) in [6, 6.07) is 16.0. The number of hydrogen-bond acceptors (Lipinski definition) is 3. The first-order valence-corrected chi connectivity index (χ1v) is 10.6. The maximum Gasteiger partial charge on any atom is 0.235 e. The molecule has 2 heterocycles. The number of hydrogen-bond donors (Lipinski definition) is 1. The minimum atomic E-state index is -0.581. The van der Waals surface area contributed by atoms with Gasteiger partial charge in [-0.2, -0.15) is 0 Å². The number of fused-ring (bicyclic) bond motifs is 1. The van der Waals surface area contributed by atoms with Crippen LogP contribution in [0.25, 0.3) is 0 Å². The van der Waals surface area contributed by atoms with Crippen LogP contribution in [0.3, 0.4) is 0 Å². The number of rotatable bonds is 4. The fourth-order valence-electron chi connectivity index (χ4n) is 4.61. The molecule has 0 unspecified atom stereocenters. The zero-order valence-electron chi connectivity index (χ0n) is 16.5. The van der Waals surface area contributed by atoms with Crippen molar-refractivity contribution in [3.8, 4) is 0 Å². The molecule has 2 aliphatic heterocycles. The number of nitrogens with one attached hydrogen (secondary N) is 1. The van der Waals surface area contributed by atoms with Crippen molar-refractivity contribution in [3.05, 3.63) is 59.7 Å². The standard InChI is InChI=1S/C24H26N2O3/c27-22(18-6-7-18)26-13-10-17-8-9-20(16-21(17)26)25-23(28)24(11-14-29-15-12-24)19-4-2-1-3-5-19/h1-5,8-9,16,18H,6-7,10-15H2,(H,25,28).